The molecule has 1 N–H and O–H groups in total. The summed E-state index contributed by atoms with van der Waals surface area (Å²) in [7, 11) is 0. The molecule has 1 aliphatic heterocycles. The van der Waals surface area contributed by atoms with Crippen molar-refractivity contribution < 1.29 is 17.6 Å². The van der Waals surface area contributed by atoms with Gasteiger partial charge in [-0.25, -0.2) is 27.5 Å². The largest absolute Gasteiger partial charge is 0.356 e. The van der Waals surface area contributed by atoms with E-state index in [1.807, 2.05) is 4.90 Å². The Balaban J connectivity index is 1.73. The van der Waals surface area contributed by atoms with E-state index in [4.69, 9.17) is 0 Å². The van der Waals surface area contributed by atoms with E-state index in [1.165, 1.54) is 18.2 Å². The van der Waals surface area contributed by atoms with E-state index in [0.29, 0.717) is 35.3 Å². The van der Waals surface area contributed by atoms with Crippen molar-refractivity contribution in [1.82, 2.24) is 15.0 Å². The van der Waals surface area contributed by atoms with Crippen LogP contribution >= 0.6 is 0 Å². The molecule has 0 fully saturated rings. The van der Waals surface area contributed by atoms with Crippen LogP contribution in [0.25, 0.3) is 10.9 Å². The van der Waals surface area contributed by atoms with Crippen molar-refractivity contribution in [2.75, 3.05) is 11.4 Å². The Morgan fingerprint density at radius 2 is 1.62 bits per heavy atom. The molecule has 3 heterocycles. The Labute approximate surface area is 162 Å². The molecule has 2 aromatic carbocycles. The predicted octanol–water partition coefficient (Wildman–Crippen LogP) is 4.67. The van der Waals surface area contributed by atoms with Gasteiger partial charge in [0.25, 0.3) is 0 Å². The second kappa shape index (κ2) is 6.58. The number of aromatic nitrogens is 3. The predicted molar refractivity (Wildman–Crippen MR) is 99.5 cm³/mol. The normalized spacial score (nSPS) is 16.3. The number of hydrogen-bond donors (Lipinski definition) is 1. The minimum absolute atomic E-state index is 0.215. The van der Waals surface area contributed by atoms with Crippen molar-refractivity contribution in [3.05, 3.63) is 88.9 Å². The number of H-pyrrole nitrogens is 1. The molecule has 0 saturated heterocycles. The van der Waals surface area contributed by atoms with Gasteiger partial charge >= 0.3 is 0 Å². The van der Waals surface area contributed by atoms with Crippen LogP contribution in [0.5, 0.6) is 0 Å². The lowest BCUT2D eigenvalue weighted by atomic mass is 9.92. The number of hydrogen-bond acceptors (Lipinski definition) is 3. The molecule has 4 aromatic rings. The fourth-order valence-electron chi connectivity index (χ4n) is 3.98. The fraction of sp³-hybridized carbons (Fsp3) is 0.143. The van der Waals surface area contributed by atoms with Crippen molar-refractivity contribution in [1.29, 1.82) is 0 Å². The summed E-state index contributed by atoms with van der Waals surface area (Å²) in [6.07, 6.45) is 2.55. The van der Waals surface area contributed by atoms with Crippen molar-refractivity contribution >= 4 is 16.9 Å². The summed E-state index contributed by atoms with van der Waals surface area (Å²) in [5, 5.41) is 0.215. The standard InChI is InChI=1S/C21H14F4N4/c22-12-3-1-11(2-4-12)20-19-14(17-16(28-19)6-5-15(24)18(17)25)7-8-29(20)21-26-9-13(23)10-27-21/h1-6,9-10,20,28H,7-8H2. The van der Waals surface area contributed by atoms with E-state index >= 15 is 0 Å². The van der Waals surface area contributed by atoms with Crippen LogP contribution in [0.15, 0.2) is 48.8 Å². The third kappa shape index (κ3) is 2.83. The summed E-state index contributed by atoms with van der Waals surface area (Å²) >= 11 is 0. The molecule has 5 rings (SSSR count). The van der Waals surface area contributed by atoms with Crippen LogP contribution in [-0.4, -0.2) is 21.5 Å². The molecule has 0 amide bonds. The third-order valence-electron chi connectivity index (χ3n) is 5.23. The highest BCUT2D eigenvalue weighted by Crippen LogP contribution is 2.40. The second-order valence-electron chi connectivity index (χ2n) is 6.90. The number of benzene rings is 2. The molecule has 0 radical (unpaired) electrons. The molecule has 1 aliphatic rings. The molecule has 1 atom stereocenters. The maximum absolute atomic E-state index is 14.5. The lowest BCUT2D eigenvalue weighted by Crippen LogP contribution is -2.37. The average molecular weight is 398 g/mol. The highest BCUT2D eigenvalue weighted by atomic mass is 19.2. The Hall–Kier alpha value is -3.42. The SMILES string of the molecule is Fc1ccc(C2c3[nH]c4ccc(F)c(F)c4c3CCN2c2ncc(F)cn2)cc1. The zero-order chi connectivity index (χ0) is 20.1. The number of nitrogens with one attached hydrogen (secondary N) is 1. The first kappa shape index (κ1) is 17.7. The molecule has 29 heavy (non-hydrogen) atoms. The van der Waals surface area contributed by atoms with Crippen molar-refractivity contribution in [2.45, 2.75) is 12.5 Å². The number of nitrogens with zero attached hydrogens (tertiary/aromatic N) is 3. The highest BCUT2D eigenvalue weighted by molar-refractivity contribution is 5.86. The molecule has 0 bridgehead atoms. The van der Waals surface area contributed by atoms with Crippen LogP contribution in [0.3, 0.4) is 0 Å². The molecule has 8 heteroatoms. The number of anilines is 1. The Morgan fingerprint density at radius 1 is 0.897 bits per heavy atom. The molecule has 0 spiro atoms. The quantitative estimate of drug-likeness (QED) is 0.500. The molecular formula is C21H14F4N4. The first-order valence-corrected chi connectivity index (χ1v) is 9.01. The van der Waals surface area contributed by atoms with Gasteiger partial charge in [0, 0.05) is 23.1 Å². The van der Waals surface area contributed by atoms with E-state index in [9.17, 15) is 17.6 Å². The molecule has 146 valence electrons. The molecule has 1 unspecified atom stereocenters. The molecule has 0 aliphatic carbocycles. The van der Waals surface area contributed by atoms with Gasteiger partial charge in [-0.3, -0.25) is 0 Å². The molecular weight excluding hydrogens is 384 g/mol. The van der Waals surface area contributed by atoms with Crippen LogP contribution in [-0.2, 0) is 6.42 Å². The zero-order valence-corrected chi connectivity index (χ0v) is 15.0. The minimum Gasteiger partial charge on any atom is -0.356 e. The van der Waals surface area contributed by atoms with Gasteiger partial charge in [-0.15, -0.1) is 0 Å². The minimum atomic E-state index is -0.915. The van der Waals surface area contributed by atoms with Gasteiger partial charge in [0.05, 0.1) is 18.4 Å². The highest BCUT2D eigenvalue weighted by Gasteiger charge is 2.34. The van der Waals surface area contributed by atoms with Crippen LogP contribution in [0, 0.1) is 23.3 Å². The van der Waals surface area contributed by atoms with Gasteiger partial charge in [-0.05, 0) is 41.8 Å². The van der Waals surface area contributed by atoms with E-state index in [2.05, 4.69) is 15.0 Å². The monoisotopic (exact) mass is 398 g/mol. The van der Waals surface area contributed by atoms with Gasteiger partial charge in [0.2, 0.25) is 5.95 Å². The Morgan fingerprint density at radius 3 is 2.34 bits per heavy atom. The van der Waals surface area contributed by atoms with Crippen LogP contribution in [0.2, 0.25) is 0 Å². The maximum atomic E-state index is 14.5. The van der Waals surface area contributed by atoms with Gasteiger partial charge in [-0.1, -0.05) is 12.1 Å². The number of aromatic amines is 1. The smallest absolute Gasteiger partial charge is 0.226 e. The van der Waals surface area contributed by atoms with E-state index in [0.717, 1.165) is 18.5 Å². The first-order valence-electron chi connectivity index (χ1n) is 9.01. The van der Waals surface area contributed by atoms with E-state index in [-0.39, 0.29) is 17.2 Å². The van der Waals surface area contributed by atoms with Crippen molar-refractivity contribution in [3.8, 4) is 0 Å². The topological polar surface area (TPSA) is 44.8 Å². The average Bonchev–Trinajstić information content (AvgIpc) is 3.11. The van der Waals surface area contributed by atoms with Crippen LogP contribution in [0.1, 0.15) is 22.9 Å². The van der Waals surface area contributed by atoms with Crippen LogP contribution < -0.4 is 4.90 Å². The second-order valence-corrected chi connectivity index (χ2v) is 6.90. The third-order valence-corrected chi connectivity index (χ3v) is 5.23. The molecule has 4 nitrogen and oxygen atoms in total. The zero-order valence-electron chi connectivity index (χ0n) is 15.0. The Kier molecular flexibility index (Phi) is 4.01. The number of halogens is 4. The summed E-state index contributed by atoms with van der Waals surface area (Å²) < 4.78 is 55.2. The lowest BCUT2D eigenvalue weighted by Gasteiger charge is -2.36. The number of fused-ring (bicyclic) bond motifs is 3. The summed E-state index contributed by atoms with van der Waals surface area (Å²) in [6.45, 7) is 0.392. The Bertz CT molecular complexity index is 1200. The maximum Gasteiger partial charge on any atom is 0.226 e. The van der Waals surface area contributed by atoms with E-state index < -0.39 is 23.5 Å². The van der Waals surface area contributed by atoms with Gasteiger partial charge in [0.1, 0.15) is 5.82 Å². The summed E-state index contributed by atoms with van der Waals surface area (Å²) in [5.41, 5.74) is 2.50. The summed E-state index contributed by atoms with van der Waals surface area (Å²) in [4.78, 5) is 13.2. The number of rotatable bonds is 2. The first-order chi connectivity index (χ1) is 14.0. The van der Waals surface area contributed by atoms with E-state index in [1.54, 1.807) is 12.1 Å². The molecule has 2 aromatic heterocycles. The van der Waals surface area contributed by atoms with Crippen molar-refractivity contribution in [2.24, 2.45) is 0 Å². The van der Waals surface area contributed by atoms with Crippen LogP contribution in [0.4, 0.5) is 23.5 Å². The van der Waals surface area contributed by atoms with Gasteiger partial charge in [0.15, 0.2) is 17.5 Å². The van der Waals surface area contributed by atoms with Crippen molar-refractivity contribution in [3.63, 3.8) is 0 Å². The van der Waals surface area contributed by atoms with Gasteiger partial charge in [-0.2, -0.15) is 0 Å². The fourth-order valence-corrected chi connectivity index (χ4v) is 3.98. The lowest BCUT2D eigenvalue weighted by molar-refractivity contribution is 0.516. The summed E-state index contributed by atoms with van der Waals surface area (Å²) in [5.74, 6) is -2.48. The van der Waals surface area contributed by atoms with Gasteiger partial charge < -0.3 is 9.88 Å². The molecule has 0 saturated carbocycles. The summed E-state index contributed by atoms with van der Waals surface area (Å²) in [6, 6.07) is 7.97.